The Hall–Kier alpha value is -2.96. The Bertz CT molecular complexity index is 1090. The van der Waals surface area contributed by atoms with E-state index in [0.29, 0.717) is 31.9 Å². The van der Waals surface area contributed by atoms with Crippen LogP contribution < -0.4 is 15.4 Å². The Balaban J connectivity index is 0.00000420. The van der Waals surface area contributed by atoms with Gasteiger partial charge in [-0.25, -0.2) is 0 Å². The number of benzene rings is 1. The van der Waals surface area contributed by atoms with Gasteiger partial charge in [-0.2, -0.15) is 23.1 Å². The van der Waals surface area contributed by atoms with Gasteiger partial charge in [-0.05, 0) is 50.8 Å². The number of halogens is 3. The van der Waals surface area contributed by atoms with Gasteiger partial charge in [0, 0.05) is 45.0 Å². The van der Waals surface area contributed by atoms with Gasteiger partial charge < -0.3 is 29.7 Å². The number of aromatic nitrogens is 2. The zero-order chi connectivity index (χ0) is 27.1. The number of carbonyl (C=O) groups excluding carboxylic acids is 1. The van der Waals surface area contributed by atoms with Gasteiger partial charge in [-0.1, -0.05) is 6.07 Å². The third kappa shape index (κ3) is 7.33. The summed E-state index contributed by atoms with van der Waals surface area (Å²) in [4.78, 5) is 23.6. The minimum absolute atomic E-state index is 0. The van der Waals surface area contributed by atoms with Gasteiger partial charge in [0.05, 0.1) is 32.0 Å². The maximum Gasteiger partial charge on any atom is 0.416 e. The van der Waals surface area contributed by atoms with Crippen LogP contribution in [0.5, 0.6) is 6.01 Å². The van der Waals surface area contributed by atoms with Crippen molar-refractivity contribution in [2.45, 2.75) is 50.9 Å². The molecule has 2 fully saturated rings. The molecule has 2 aliphatic rings. The lowest BCUT2D eigenvalue weighted by Gasteiger charge is -2.33. The molecule has 1 amide bonds. The van der Waals surface area contributed by atoms with Gasteiger partial charge in [0.2, 0.25) is 0 Å². The highest BCUT2D eigenvalue weighted by Crippen LogP contribution is 2.32. The fourth-order valence-corrected chi connectivity index (χ4v) is 4.60. The third-order valence-corrected chi connectivity index (χ3v) is 6.75. The molecule has 0 unspecified atom stereocenters. The summed E-state index contributed by atoms with van der Waals surface area (Å²) >= 11 is 0. The molecule has 38 heavy (non-hydrogen) atoms. The SMILES string of the molecule is COc1nc(Nc2cccc(C(F)(F)F)c2)c(C)c(C(=O)N2CCC(NCCO[C@H]3CCCOC3)CC2)n1.[HH]. The monoisotopic (exact) mass is 539 g/mol. The molecule has 3 heterocycles. The summed E-state index contributed by atoms with van der Waals surface area (Å²) in [5.41, 5.74) is -0.0179. The molecule has 2 aromatic rings. The van der Waals surface area contributed by atoms with Crippen LogP contribution in [0.4, 0.5) is 24.7 Å². The number of piperidine rings is 1. The summed E-state index contributed by atoms with van der Waals surface area (Å²) in [5, 5.41) is 6.39. The van der Waals surface area contributed by atoms with E-state index in [0.717, 1.165) is 51.0 Å². The minimum Gasteiger partial charge on any atom is -0.467 e. The van der Waals surface area contributed by atoms with Crippen molar-refractivity contribution in [3.05, 3.63) is 41.1 Å². The molecular formula is C26H36F3N5O4. The number of nitrogens with one attached hydrogen (secondary N) is 2. The Labute approximate surface area is 221 Å². The highest BCUT2D eigenvalue weighted by atomic mass is 19.4. The highest BCUT2D eigenvalue weighted by Gasteiger charge is 2.31. The molecule has 9 nitrogen and oxygen atoms in total. The average Bonchev–Trinajstić information content (AvgIpc) is 2.92. The highest BCUT2D eigenvalue weighted by molar-refractivity contribution is 5.95. The van der Waals surface area contributed by atoms with Crippen LogP contribution in [0.25, 0.3) is 0 Å². The molecule has 0 aliphatic carbocycles. The third-order valence-electron chi connectivity index (χ3n) is 6.75. The molecule has 1 aromatic carbocycles. The van der Waals surface area contributed by atoms with E-state index in [1.165, 1.54) is 19.2 Å². The second-order valence-electron chi connectivity index (χ2n) is 9.47. The number of rotatable bonds is 9. The quantitative estimate of drug-likeness (QED) is 0.458. The van der Waals surface area contributed by atoms with Gasteiger partial charge in [0.15, 0.2) is 0 Å². The summed E-state index contributed by atoms with van der Waals surface area (Å²) in [6.45, 7) is 5.59. The predicted molar refractivity (Wildman–Crippen MR) is 137 cm³/mol. The Morgan fingerprint density at radius 2 is 2.03 bits per heavy atom. The topological polar surface area (TPSA) is 97.8 Å². The van der Waals surface area contributed by atoms with Crippen LogP contribution in [0.15, 0.2) is 24.3 Å². The van der Waals surface area contributed by atoms with Crippen molar-refractivity contribution in [2.75, 3.05) is 51.9 Å². The molecule has 0 spiro atoms. The molecular weight excluding hydrogens is 503 g/mol. The number of nitrogens with zero attached hydrogens (tertiary/aromatic N) is 3. The second-order valence-corrected chi connectivity index (χ2v) is 9.47. The Kier molecular flexibility index (Phi) is 9.40. The molecule has 0 radical (unpaired) electrons. The minimum atomic E-state index is -4.48. The van der Waals surface area contributed by atoms with Gasteiger partial charge in [-0.3, -0.25) is 4.79 Å². The fraction of sp³-hybridized carbons (Fsp3) is 0.577. The molecule has 12 heteroatoms. The first-order valence-corrected chi connectivity index (χ1v) is 12.8. The van der Waals surface area contributed by atoms with E-state index in [4.69, 9.17) is 14.2 Å². The van der Waals surface area contributed by atoms with Crippen LogP contribution in [0.3, 0.4) is 0 Å². The van der Waals surface area contributed by atoms with Crippen molar-refractivity contribution in [2.24, 2.45) is 0 Å². The number of alkyl halides is 3. The van der Waals surface area contributed by atoms with Crippen LogP contribution in [0.2, 0.25) is 0 Å². The molecule has 2 saturated heterocycles. The number of hydrogen-bond donors (Lipinski definition) is 2. The Morgan fingerprint density at radius 1 is 1.24 bits per heavy atom. The molecule has 2 N–H and O–H groups in total. The van der Waals surface area contributed by atoms with Gasteiger partial charge in [0.25, 0.3) is 5.91 Å². The van der Waals surface area contributed by atoms with Crippen molar-refractivity contribution in [3.63, 3.8) is 0 Å². The molecule has 0 bridgehead atoms. The van der Waals surface area contributed by atoms with E-state index < -0.39 is 11.7 Å². The number of likely N-dealkylation sites (tertiary alicyclic amines) is 1. The van der Waals surface area contributed by atoms with Crippen molar-refractivity contribution in [1.82, 2.24) is 20.2 Å². The molecule has 2 aliphatic heterocycles. The van der Waals surface area contributed by atoms with Crippen molar-refractivity contribution < 1.29 is 33.6 Å². The summed E-state index contributed by atoms with van der Waals surface area (Å²) in [6.07, 6.45) is -0.666. The van der Waals surface area contributed by atoms with Crippen molar-refractivity contribution in [1.29, 1.82) is 0 Å². The van der Waals surface area contributed by atoms with E-state index in [1.807, 2.05) is 0 Å². The van der Waals surface area contributed by atoms with Crippen LogP contribution in [0.1, 0.15) is 48.7 Å². The van der Waals surface area contributed by atoms with E-state index in [1.54, 1.807) is 11.8 Å². The zero-order valence-electron chi connectivity index (χ0n) is 21.6. The van der Waals surface area contributed by atoms with Crippen LogP contribution >= 0.6 is 0 Å². The lowest BCUT2D eigenvalue weighted by Crippen LogP contribution is -2.46. The first-order valence-electron chi connectivity index (χ1n) is 12.8. The fourth-order valence-electron chi connectivity index (χ4n) is 4.60. The largest absolute Gasteiger partial charge is 0.467 e. The maximum atomic E-state index is 13.4. The summed E-state index contributed by atoms with van der Waals surface area (Å²) in [7, 11) is 1.37. The predicted octanol–water partition coefficient (Wildman–Crippen LogP) is 4.19. The molecule has 4 rings (SSSR count). The normalized spacial score (nSPS) is 18.9. The van der Waals surface area contributed by atoms with Crippen molar-refractivity contribution >= 4 is 17.4 Å². The van der Waals surface area contributed by atoms with E-state index >= 15 is 0 Å². The number of hydrogen-bond acceptors (Lipinski definition) is 8. The molecule has 210 valence electrons. The number of ether oxygens (including phenoxy) is 3. The lowest BCUT2D eigenvalue weighted by molar-refractivity contribution is -0.137. The smallest absolute Gasteiger partial charge is 0.416 e. The molecule has 0 saturated carbocycles. The first-order chi connectivity index (χ1) is 18.2. The van der Waals surface area contributed by atoms with Crippen LogP contribution in [-0.2, 0) is 15.7 Å². The zero-order valence-corrected chi connectivity index (χ0v) is 21.6. The molecule has 1 atom stereocenters. The number of amides is 1. The summed E-state index contributed by atoms with van der Waals surface area (Å²) in [6, 6.07) is 5.01. The standard InChI is InChI=1S/C26H34F3N5O4.H2/c1-17-22(32-25(36-2)33-23(17)31-20-6-3-5-18(15-20)26(27,28)29)24(35)34-11-8-19(9-12-34)30-10-14-38-21-7-4-13-37-16-21;/h3,5-6,15,19,21,30H,4,7-14,16H2,1-2H3,(H,31,32,33);1H/t21-;/m0./s1. The number of carbonyl (C=O) groups is 1. The van der Waals surface area contributed by atoms with Gasteiger partial charge in [-0.15, -0.1) is 0 Å². The number of methoxy groups -OCH3 is 1. The Morgan fingerprint density at radius 3 is 2.71 bits per heavy atom. The lowest BCUT2D eigenvalue weighted by atomic mass is 10.0. The van der Waals surface area contributed by atoms with Crippen LogP contribution in [0, 0.1) is 6.92 Å². The average molecular weight is 540 g/mol. The van der Waals surface area contributed by atoms with Gasteiger partial charge >= 0.3 is 12.2 Å². The van der Waals surface area contributed by atoms with Gasteiger partial charge in [0.1, 0.15) is 11.5 Å². The van der Waals surface area contributed by atoms with Crippen molar-refractivity contribution in [3.8, 4) is 6.01 Å². The van der Waals surface area contributed by atoms with E-state index in [9.17, 15) is 18.0 Å². The summed E-state index contributed by atoms with van der Waals surface area (Å²) in [5.74, 6) is -0.0613. The number of anilines is 2. The molecule has 1 aromatic heterocycles. The summed E-state index contributed by atoms with van der Waals surface area (Å²) < 4.78 is 55.9. The first kappa shape index (κ1) is 28.1. The van der Waals surface area contributed by atoms with E-state index in [2.05, 4.69) is 20.6 Å². The maximum absolute atomic E-state index is 13.4. The van der Waals surface area contributed by atoms with Crippen LogP contribution in [-0.4, -0.2) is 79.5 Å². The van der Waals surface area contributed by atoms with E-state index in [-0.39, 0.29) is 42.7 Å². The second kappa shape index (κ2) is 12.7.